The lowest BCUT2D eigenvalue weighted by atomic mass is 9.75. The van der Waals surface area contributed by atoms with E-state index in [1.807, 2.05) is 24.9 Å². The Morgan fingerprint density at radius 2 is 1.83 bits per heavy atom. The van der Waals surface area contributed by atoms with E-state index >= 15 is 0 Å². The minimum Gasteiger partial charge on any atom is -0.507 e. The van der Waals surface area contributed by atoms with Gasteiger partial charge in [0.15, 0.2) is 29.8 Å². The minimum absolute atomic E-state index is 0.0112. The average molecular weight is 565 g/mol. The summed E-state index contributed by atoms with van der Waals surface area (Å²) in [7, 11) is 6.55. The maximum atomic E-state index is 12.1. The first-order valence-corrected chi connectivity index (χ1v) is 13.4. The van der Waals surface area contributed by atoms with E-state index < -0.39 is 18.1 Å². The number of carbonyl (C=O) groups is 1. The Bertz CT molecular complexity index is 1480. The number of carbonyl (C=O) groups excluding carboxylic acids is 1. The smallest absolute Gasteiger partial charge is 0.216 e. The Kier molecular flexibility index (Phi) is 7.40. The molecule has 0 spiro atoms. The summed E-state index contributed by atoms with van der Waals surface area (Å²) >= 11 is 0. The third-order valence-corrected chi connectivity index (χ3v) is 8.50. The van der Waals surface area contributed by atoms with E-state index in [1.54, 1.807) is 21.1 Å². The number of phenolic OH excluding ortho intramolecular Hbond substituents is 2. The van der Waals surface area contributed by atoms with Crippen molar-refractivity contribution in [2.45, 2.75) is 51.4 Å². The van der Waals surface area contributed by atoms with Crippen molar-refractivity contribution in [2.24, 2.45) is 0 Å². The number of fused-ring (bicyclic) bond motifs is 7. The number of phenols is 2. The summed E-state index contributed by atoms with van der Waals surface area (Å²) in [5, 5.41) is 36.3. The summed E-state index contributed by atoms with van der Waals surface area (Å²) in [6, 6.07) is 2.66. The number of aromatic hydroxyl groups is 2. The number of nitriles is 1. The highest BCUT2D eigenvalue weighted by molar-refractivity contribution is 5.77. The molecule has 218 valence electrons. The molecular weight excluding hydrogens is 528 g/mol. The highest BCUT2D eigenvalue weighted by atomic mass is 16.7. The Morgan fingerprint density at radius 3 is 2.44 bits per heavy atom. The third kappa shape index (κ3) is 4.21. The molecule has 0 aromatic heterocycles. The van der Waals surface area contributed by atoms with Gasteiger partial charge >= 0.3 is 0 Å². The van der Waals surface area contributed by atoms with E-state index in [9.17, 15) is 20.3 Å². The van der Waals surface area contributed by atoms with Crippen molar-refractivity contribution < 1.29 is 34.0 Å². The zero-order valence-corrected chi connectivity index (χ0v) is 24.4. The van der Waals surface area contributed by atoms with Crippen molar-refractivity contribution in [1.29, 1.82) is 5.26 Å². The molecule has 4 atom stereocenters. The first-order chi connectivity index (χ1) is 19.6. The van der Waals surface area contributed by atoms with E-state index in [0.29, 0.717) is 34.6 Å². The standard InChI is InChI=1S/C30H36N4O7/c1-14-8-17-9-19-21(11-31)34-20(25(33(19)4)23(17)30(28(14)39-6)41-13-38-5)10-18-24(22(34)12-32-16(3)35)27(37)29(40-7)15(2)26(18)36/h8,10,19,21-22,25,36-37H,9,12-13H2,1-7H3,(H,32,35)/t19-,21+,22+,25+/m1/s1. The van der Waals surface area contributed by atoms with Gasteiger partial charge in [0.25, 0.3) is 0 Å². The maximum absolute atomic E-state index is 12.1. The number of aryl methyl sites for hydroxylation is 1. The summed E-state index contributed by atoms with van der Waals surface area (Å²) in [5.41, 5.74) is 4.74. The number of amides is 1. The second kappa shape index (κ2) is 10.7. The fraction of sp³-hybridized carbons (Fsp3) is 0.467. The van der Waals surface area contributed by atoms with Crippen LogP contribution in [0.5, 0.6) is 28.7 Å². The lowest BCUT2D eigenvalue weighted by molar-refractivity contribution is -0.119. The van der Waals surface area contributed by atoms with E-state index in [4.69, 9.17) is 18.9 Å². The molecule has 1 fully saturated rings. The van der Waals surface area contributed by atoms with Crippen LogP contribution in [0.1, 0.15) is 52.4 Å². The van der Waals surface area contributed by atoms with Crippen molar-refractivity contribution in [3.63, 3.8) is 0 Å². The van der Waals surface area contributed by atoms with Crippen LogP contribution in [0.3, 0.4) is 0 Å². The molecule has 0 aliphatic carbocycles. The molecule has 3 aliphatic heterocycles. The number of piperazine rings is 1. The molecule has 11 heteroatoms. The van der Waals surface area contributed by atoms with Gasteiger partial charge in [-0.1, -0.05) is 6.07 Å². The lowest BCUT2D eigenvalue weighted by Gasteiger charge is -2.57. The molecule has 2 aromatic rings. The van der Waals surface area contributed by atoms with Crippen LogP contribution in [0, 0.1) is 25.2 Å². The molecule has 0 radical (unpaired) electrons. The molecule has 2 bridgehead atoms. The number of likely N-dealkylation sites (N-methyl/N-ethyl adjacent to an activating group) is 1. The van der Waals surface area contributed by atoms with Crippen molar-refractivity contribution in [1.82, 2.24) is 15.1 Å². The topological polar surface area (TPSA) is 137 Å². The molecule has 0 saturated carbocycles. The number of rotatable bonds is 7. The van der Waals surface area contributed by atoms with Gasteiger partial charge in [0.05, 0.1) is 32.4 Å². The molecule has 1 amide bonds. The summed E-state index contributed by atoms with van der Waals surface area (Å²) < 4.78 is 22.7. The maximum Gasteiger partial charge on any atom is 0.216 e. The Labute approximate surface area is 239 Å². The van der Waals surface area contributed by atoms with Gasteiger partial charge < -0.3 is 39.4 Å². The third-order valence-electron chi connectivity index (χ3n) is 8.50. The number of hydrogen-bond donors (Lipinski definition) is 3. The quantitative estimate of drug-likeness (QED) is 0.340. The highest BCUT2D eigenvalue weighted by Gasteiger charge is 2.53. The van der Waals surface area contributed by atoms with Crippen LogP contribution in [0.4, 0.5) is 0 Å². The monoisotopic (exact) mass is 564 g/mol. The fourth-order valence-electron chi connectivity index (χ4n) is 6.78. The normalized spacial score (nSPS) is 22.5. The van der Waals surface area contributed by atoms with Gasteiger partial charge in [-0.3, -0.25) is 9.69 Å². The van der Waals surface area contributed by atoms with E-state index in [0.717, 1.165) is 22.4 Å². The van der Waals surface area contributed by atoms with Crippen LogP contribution in [-0.2, 0) is 16.0 Å². The molecule has 11 nitrogen and oxygen atoms in total. The van der Waals surface area contributed by atoms with Gasteiger partial charge in [0, 0.05) is 54.6 Å². The molecule has 5 rings (SSSR count). The largest absolute Gasteiger partial charge is 0.507 e. The first-order valence-electron chi connectivity index (χ1n) is 13.4. The minimum atomic E-state index is -0.671. The molecule has 3 heterocycles. The number of benzene rings is 2. The van der Waals surface area contributed by atoms with Crippen molar-refractivity contribution in [2.75, 3.05) is 41.7 Å². The van der Waals surface area contributed by atoms with E-state index in [-0.39, 0.29) is 42.5 Å². The second-order valence-corrected chi connectivity index (χ2v) is 10.7. The van der Waals surface area contributed by atoms with Crippen molar-refractivity contribution in [3.8, 4) is 34.8 Å². The van der Waals surface area contributed by atoms with Crippen LogP contribution in [0.25, 0.3) is 6.08 Å². The molecule has 0 unspecified atom stereocenters. The van der Waals surface area contributed by atoms with E-state index in [2.05, 4.69) is 22.4 Å². The molecule has 3 aliphatic rings. The zero-order chi connectivity index (χ0) is 29.7. The second-order valence-electron chi connectivity index (χ2n) is 10.7. The predicted molar refractivity (Wildman–Crippen MR) is 150 cm³/mol. The fourth-order valence-corrected chi connectivity index (χ4v) is 6.78. The molecular formula is C30H36N4O7. The molecule has 41 heavy (non-hydrogen) atoms. The summed E-state index contributed by atoms with van der Waals surface area (Å²) in [6.45, 7) is 5.15. The van der Waals surface area contributed by atoms with Crippen LogP contribution < -0.4 is 19.5 Å². The first kappa shape index (κ1) is 28.4. The van der Waals surface area contributed by atoms with Gasteiger partial charge in [-0.2, -0.15) is 5.26 Å². The van der Waals surface area contributed by atoms with Crippen molar-refractivity contribution >= 4 is 12.0 Å². The van der Waals surface area contributed by atoms with Gasteiger partial charge in [0.1, 0.15) is 11.8 Å². The number of nitrogens with zero attached hydrogens (tertiary/aromatic N) is 3. The number of ether oxygens (including phenoxy) is 4. The number of hydrogen-bond acceptors (Lipinski definition) is 10. The molecule has 2 aromatic carbocycles. The summed E-state index contributed by atoms with van der Waals surface area (Å²) in [6.07, 6.45) is 2.39. The van der Waals surface area contributed by atoms with Crippen LogP contribution >= 0.6 is 0 Å². The molecule has 3 N–H and O–H groups in total. The van der Waals surface area contributed by atoms with Crippen molar-refractivity contribution in [3.05, 3.63) is 45.1 Å². The highest BCUT2D eigenvalue weighted by Crippen LogP contribution is 2.58. The Balaban J connectivity index is 1.84. The SMILES string of the molecule is COCOc1c(OC)c(C)cc2c1[C@@H]1C3=Cc4c(O)c(C)c(OC)c(O)c4[C@H](CNC(C)=O)N3[C@@H](C#N)[C@@H](C2)N1C. The van der Waals surface area contributed by atoms with Crippen LogP contribution in [0.15, 0.2) is 11.8 Å². The summed E-state index contributed by atoms with van der Waals surface area (Å²) in [5.74, 6) is 0.864. The van der Waals surface area contributed by atoms with Gasteiger partial charge in [-0.05, 0) is 44.5 Å². The average Bonchev–Trinajstić information content (AvgIpc) is 2.93. The van der Waals surface area contributed by atoms with Gasteiger partial charge in [-0.15, -0.1) is 0 Å². The van der Waals surface area contributed by atoms with Crippen LogP contribution in [0.2, 0.25) is 0 Å². The van der Waals surface area contributed by atoms with E-state index in [1.165, 1.54) is 14.0 Å². The predicted octanol–water partition coefficient (Wildman–Crippen LogP) is 3.05. The Hall–Kier alpha value is -4.14. The molecule has 1 saturated heterocycles. The van der Waals surface area contributed by atoms with Crippen LogP contribution in [-0.4, -0.2) is 79.7 Å². The van der Waals surface area contributed by atoms with Gasteiger partial charge in [0.2, 0.25) is 5.91 Å². The van der Waals surface area contributed by atoms with Gasteiger partial charge in [-0.25, -0.2) is 0 Å². The number of nitrogens with one attached hydrogen (secondary N) is 1. The summed E-state index contributed by atoms with van der Waals surface area (Å²) in [4.78, 5) is 16.2. The lowest BCUT2D eigenvalue weighted by Crippen LogP contribution is -2.62. The zero-order valence-electron chi connectivity index (χ0n) is 24.4. The Morgan fingerprint density at radius 1 is 1.12 bits per heavy atom. The number of methoxy groups -OCH3 is 3.